The molecule has 0 radical (unpaired) electrons. The SMILES string of the molecule is CCOC(=O)C#Cc1cc(Cl)ccn1. The largest absolute Gasteiger partial charge is 0.456 e. The fourth-order valence-electron chi connectivity index (χ4n) is 0.755. The number of carbonyl (C=O) groups is 1. The molecule has 1 heterocycles. The molecule has 0 saturated heterocycles. The molecule has 1 aromatic rings. The normalized spacial score (nSPS) is 8.71. The van der Waals surface area contributed by atoms with Gasteiger partial charge in [0.25, 0.3) is 0 Å². The number of halogens is 1. The monoisotopic (exact) mass is 209 g/mol. The van der Waals surface area contributed by atoms with E-state index in [0.717, 1.165) is 0 Å². The van der Waals surface area contributed by atoms with Gasteiger partial charge in [-0.3, -0.25) is 0 Å². The van der Waals surface area contributed by atoms with Crippen LogP contribution in [-0.4, -0.2) is 17.6 Å². The summed E-state index contributed by atoms with van der Waals surface area (Å²) in [4.78, 5) is 14.8. The van der Waals surface area contributed by atoms with Gasteiger partial charge >= 0.3 is 5.97 Å². The summed E-state index contributed by atoms with van der Waals surface area (Å²) in [6.45, 7) is 2.04. The van der Waals surface area contributed by atoms with Crippen LogP contribution in [0.25, 0.3) is 0 Å². The van der Waals surface area contributed by atoms with Crippen molar-refractivity contribution in [3.05, 3.63) is 29.0 Å². The number of aromatic nitrogens is 1. The lowest BCUT2D eigenvalue weighted by atomic mass is 10.3. The molecule has 0 aromatic carbocycles. The lowest BCUT2D eigenvalue weighted by molar-refractivity contribution is -0.136. The van der Waals surface area contributed by atoms with Crippen molar-refractivity contribution in [1.82, 2.24) is 4.98 Å². The average Bonchev–Trinajstić information content (AvgIpc) is 2.15. The van der Waals surface area contributed by atoms with Gasteiger partial charge in [0.05, 0.1) is 6.61 Å². The molecule has 0 atom stereocenters. The second-order valence-corrected chi connectivity index (χ2v) is 2.77. The Hall–Kier alpha value is -1.53. The summed E-state index contributed by atoms with van der Waals surface area (Å²) in [5, 5.41) is 0.535. The van der Waals surface area contributed by atoms with E-state index in [9.17, 15) is 4.79 Å². The molecule has 0 spiro atoms. The summed E-state index contributed by atoms with van der Waals surface area (Å²) in [5.41, 5.74) is 0.450. The van der Waals surface area contributed by atoms with Gasteiger partial charge < -0.3 is 4.74 Å². The van der Waals surface area contributed by atoms with Crippen LogP contribution in [0.3, 0.4) is 0 Å². The zero-order chi connectivity index (χ0) is 10.4. The van der Waals surface area contributed by atoms with E-state index >= 15 is 0 Å². The van der Waals surface area contributed by atoms with Crippen molar-refractivity contribution in [3.8, 4) is 11.8 Å². The van der Waals surface area contributed by atoms with Gasteiger partial charge in [0.2, 0.25) is 0 Å². The molecule has 0 amide bonds. The highest BCUT2D eigenvalue weighted by Gasteiger charge is 1.94. The fraction of sp³-hybridized carbons (Fsp3) is 0.200. The maximum Gasteiger partial charge on any atom is 0.384 e. The molecular weight excluding hydrogens is 202 g/mol. The molecule has 0 unspecified atom stereocenters. The molecule has 1 rings (SSSR count). The molecule has 0 aliphatic heterocycles. The first kappa shape index (κ1) is 10.6. The first-order valence-electron chi connectivity index (χ1n) is 4.02. The Morgan fingerprint density at radius 1 is 1.71 bits per heavy atom. The van der Waals surface area contributed by atoms with Crippen LogP contribution in [0.4, 0.5) is 0 Å². The summed E-state index contributed by atoms with van der Waals surface area (Å²) in [6, 6.07) is 3.21. The quantitative estimate of drug-likeness (QED) is 0.522. The van der Waals surface area contributed by atoms with Crippen LogP contribution in [0.1, 0.15) is 12.6 Å². The van der Waals surface area contributed by atoms with Crippen molar-refractivity contribution in [1.29, 1.82) is 0 Å². The van der Waals surface area contributed by atoms with Crippen molar-refractivity contribution < 1.29 is 9.53 Å². The highest BCUT2D eigenvalue weighted by molar-refractivity contribution is 6.30. The summed E-state index contributed by atoms with van der Waals surface area (Å²) < 4.78 is 4.62. The first-order chi connectivity index (χ1) is 6.72. The molecule has 0 bridgehead atoms. The number of carbonyl (C=O) groups excluding carboxylic acids is 1. The van der Waals surface area contributed by atoms with Gasteiger partial charge in [-0.25, -0.2) is 9.78 Å². The molecule has 3 nitrogen and oxygen atoms in total. The van der Waals surface area contributed by atoms with Crippen molar-refractivity contribution in [3.63, 3.8) is 0 Å². The summed E-state index contributed by atoms with van der Waals surface area (Å²) in [5.74, 6) is 4.28. The van der Waals surface area contributed by atoms with E-state index in [4.69, 9.17) is 11.6 Å². The van der Waals surface area contributed by atoms with E-state index in [1.165, 1.54) is 6.20 Å². The van der Waals surface area contributed by atoms with Crippen molar-refractivity contribution in [2.75, 3.05) is 6.61 Å². The third kappa shape index (κ3) is 3.46. The summed E-state index contributed by atoms with van der Waals surface area (Å²) in [6.07, 6.45) is 1.53. The summed E-state index contributed by atoms with van der Waals surface area (Å²) in [7, 11) is 0. The van der Waals surface area contributed by atoms with E-state index in [1.807, 2.05) is 0 Å². The predicted molar refractivity (Wildman–Crippen MR) is 52.8 cm³/mol. The summed E-state index contributed by atoms with van der Waals surface area (Å²) >= 11 is 5.70. The van der Waals surface area contributed by atoms with Crippen LogP contribution >= 0.6 is 11.6 Å². The van der Waals surface area contributed by atoms with Crippen LogP contribution in [0.2, 0.25) is 5.02 Å². The van der Waals surface area contributed by atoms with Crippen molar-refractivity contribution >= 4 is 17.6 Å². The molecule has 4 heteroatoms. The molecule has 0 aliphatic rings. The maximum atomic E-state index is 10.8. The third-order valence-corrected chi connectivity index (χ3v) is 1.53. The minimum Gasteiger partial charge on any atom is -0.456 e. The maximum absolute atomic E-state index is 10.8. The van der Waals surface area contributed by atoms with Gasteiger partial charge in [-0.2, -0.15) is 0 Å². The molecule has 1 aromatic heterocycles. The zero-order valence-electron chi connectivity index (χ0n) is 7.58. The number of ether oxygens (including phenoxy) is 1. The number of rotatable bonds is 1. The second-order valence-electron chi connectivity index (χ2n) is 2.33. The Bertz CT molecular complexity index is 393. The van der Waals surface area contributed by atoms with Crippen LogP contribution in [0, 0.1) is 11.8 Å². The Balaban J connectivity index is 2.72. The topological polar surface area (TPSA) is 39.2 Å². The molecule has 0 N–H and O–H groups in total. The average molecular weight is 210 g/mol. The third-order valence-electron chi connectivity index (χ3n) is 1.29. The Labute approximate surface area is 87.1 Å². The van der Waals surface area contributed by atoms with E-state index in [-0.39, 0.29) is 0 Å². The van der Waals surface area contributed by atoms with Gasteiger partial charge in [-0.15, -0.1) is 0 Å². The number of hydrogen-bond acceptors (Lipinski definition) is 3. The Morgan fingerprint density at radius 2 is 2.50 bits per heavy atom. The minimum absolute atomic E-state index is 0.316. The lowest BCUT2D eigenvalue weighted by Gasteiger charge is -1.91. The number of pyridine rings is 1. The molecule has 0 aliphatic carbocycles. The molecular formula is C10H8ClNO2. The Morgan fingerprint density at radius 3 is 3.14 bits per heavy atom. The highest BCUT2D eigenvalue weighted by Crippen LogP contribution is 2.06. The minimum atomic E-state index is -0.561. The first-order valence-corrected chi connectivity index (χ1v) is 4.40. The number of nitrogens with zero attached hydrogens (tertiary/aromatic N) is 1. The highest BCUT2D eigenvalue weighted by atomic mass is 35.5. The number of hydrogen-bond donors (Lipinski definition) is 0. The van der Waals surface area contributed by atoms with Crippen LogP contribution in [-0.2, 0) is 9.53 Å². The fourth-order valence-corrected chi connectivity index (χ4v) is 0.915. The van der Waals surface area contributed by atoms with E-state index < -0.39 is 5.97 Å². The second kappa shape index (κ2) is 5.25. The van der Waals surface area contributed by atoms with Gasteiger partial charge in [0.1, 0.15) is 5.69 Å². The zero-order valence-corrected chi connectivity index (χ0v) is 8.34. The molecule has 0 fully saturated rings. The molecule has 72 valence electrons. The smallest absolute Gasteiger partial charge is 0.384 e. The van der Waals surface area contributed by atoms with E-state index in [1.54, 1.807) is 19.1 Å². The van der Waals surface area contributed by atoms with Crippen molar-refractivity contribution in [2.45, 2.75) is 6.92 Å². The molecule has 0 saturated carbocycles. The molecule has 14 heavy (non-hydrogen) atoms. The van der Waals surface area contributed by atoms with Gasteiger partial charge in [-0.05, 0) is 25.0 Å². The van der Waals surface area contributed by atoms with Gasteiger partial charge in [0, 0.05) is 17.1 Å². The van der Waals surface area contributed by atoms with Crippen LogP contribution in [0.5, 0.6) is 0 Å². The lowest BCUT2D eigenvalue weighted by Crippen LogP contribution is -1.99. The van der Waals surface area contributed by atoms with Gasteiger partial charge in [-0.1, -0.05) is 11.6 Å². The van der Waals surface area contributed by atoms with E-state index in [0.29, 0.717) is 17.3 Å². The standard InChI is InChI=1S/C10H8ClNO2/c1-2-14-10(13)4-3-9-7-8(11)5-6-12-9/h5-7H,2H2,1H3. The number of esters is 1. The van der Waals surface area contributed by atoms with E-state index in [2.05, 4.69) is 21.6 Å². The van der Waals surface area contributed by atoms with Crippen LogP contribution in [0.15, 0.2) is 18.3 Å². The van der Waals surface area contributed by atoms with Crippen molar-refractivity contribution in [2.24, 2.45) is 0 Å². The predicted octanol–water partition coefficient (Wildman–Crippen LogP) is 1.65. The van der Waals surface area contributed by atoms with Crippen LogP contribution < -0.4 is 0 Å². The Kier molecular flexibility index (Phi) is 3.96. The van der Waals surface area contributed by atoms with Gasteiger partial charge in [0.15, 0.2) is 0 Å².